The van der Waals surface area contributed by atoms with E-state index in [4.69, 9.17) is 10.8 Å². The van der Waals surface area contributed by atoms with Gasteiger partial charge >= 0.3 is 5.97 Å². The zero-order valence-electron chi connectivity index (χ0n) is 11.6. The molecule has 1 aromatic carbocycles. The molecule has 1 aliphatic rings. The number of aliphatic carboxylic acids is 1. The Labute approximate surface area is 131 Å². The number of nitrogen functional groups attached to an aromatic ring is 1. The maximum absolute atomic E-state index is 12.5. The summed E-state index contributed by atoms with van der Waals surface area (Å²) in [4.78, 5) is 26.8. The average molecular weight is 356 g/mol. The minimum absolute atomic E-state index is 0.0211. The number of carboxylic acid groups (broad SMARTS) is 1. The molecule has 7 heteroatoms. The number of nitrogens with two attached hydrogens (primary N) is 1. The number of amides is 1. The van der Waals surface area contributed by atoms with Gasteiger partial charge in [0.2, 0.25) is 0 Å². The van der Waals surface area contributed by atoms with Crippen LogP contribution in [0.2, 0.25) is 0 Å². The number of hydrogen-bond donors (Lipinski definition) is 2. The predicted octanol–water partition coefficient (Wildman–Crippen LogP) is 1.26. The average Bonchev–Trinajstić information content (AvgIpc) is 2.66. The first-order valence-corrected chi connectivity index (χ1v) is 7.55. The summed E-state index contributed by atoms with van der Waals surface area (Å²) >= 11 is 3.31. The van der Waals surface area contributed by atoms with E-state index >= 15 is 0 Å². The Morgan fingerprint density at radius 3 is 2.67 bits per heavy atom. The number of carbonyl (C=O) groups is 2. The van der Waals surface area contributed by atoms with Crippen LogP contribution in [0.3, 0.4) is 0 Å². The Bertz CT molecular complexity index is 550. The highest BCUT2D eigenvalue weighted by Gasteiger charge is 2.21. The molecule has 0 radical (unpaired) electrons. The molecule has 2 rings (SSSR count). The van der Waals surface area contributed by atoms with Gasteiger partial charge in [-0.05, 0) is 40.5 Å². The first kappa shape index (κ1) is 15.8. The van der Waals surface area contributed by atoms with Crippen molar-refractivity contribution in [3.8, 4) is 0 Å². The molecule has 0 aliphatic carbocycles. The molecular weight excluding hydrogens is 338 g/mol. The highest BCUT2D eigenvalue weighted by atomic mass is 79.9. The molecule has 1 saturated heterocycles. The third-order valence-corrected chi connectivity index (χ3v) is 4.20. The number of hydrogen-bond acceptors (Lipinski definition) is 4. The molecule has 3 N–H and O–H groups in total. The fourth-order valence-electron chi connectivity index (χ4n) is 2.38. The summed E-state index contributed by atoms with van der Waals surface area (Å²) in [6, 6.07) is 5.16. The fourth-order valence-corrected chi connectivity index (χ4v) is 2.63. The van der Waals surface area contributed by atoms with E-state index in [0.29, 0.717) is 37.4 Å². The van der Waals surface area contributed by atoms with Gasteiger partial charge in [0.15, 0.2) is 0 Å². The second-order valence-electron chi connectivity index (χ2n) is 5.05. The second kappa shape index (κ2) is 6.91. The van der Waals surface area contributed by atoms with Crippen molar-refractivity contribution in [2.75, 3.05) is 38.5 Å². The van der Waals surface area contributed by atoms with E-state index in [2.05, 4.69) is 15.9 Å². The van der Waals surface area contributed by atoms with Crippen LogP contribution in [0.4, 0.5) is 5.69 Å². The number of benzene rings is 1. The lowest BCUT2D eigenvalue weighted by molar-refractivity contribution is -0.138. The lowest BCUT2D eigenvalue weighted by Gasteiger charge is -2.21. The molecule has 0 unspecified atom stereocenters. The van der Waals surface area contributed by atoms with Gasteiger partial charge in [-0.25, -0.2) is 0 Å². The molecule has 0 saturated carbocycles. The Hall–Kier alpha value is -1.60. The van der Waals surface area contributed by atoms with Crippen molar-refractivity contribution >= 4 is 33.5 Å². The number of nitrogens with zero attached hydrogens (tertiary/aromatic N) is 2. The van der Waals surface area contributed by atoms with Crippen LogP contribution >= 0.6 is 15.9 Å². The number of carbonyl (C=O) groups excluding carboxylic acids is 1. The van der Waals surface area contributed by atoms with Crippen LogP contribution in [0.25, 0.3) is 0 Å². The summed E-state index contributed by atoms with van der Waals surface area (Å²) in [6.07, 6.45) is 0.769. The van der Waals surface area contributed by atoms with Crippen molar-refractivity contribution in [1.29, 1.82) is 0 Å². The van der Waals surface area contributed by atoms with Gasteiger partial charge in [-0.1, -0.05) is 0 Å². The normalized spacial score (nSPS) is 16.5. The smallest absolute Gasteiger partial charge is 0.317 e. The van der Waals surface area contributed by atoms with Gasteiger partial charge in [-0.15, -0.1) is 0 Å². The van der Waals surface area contributed by atoms with Gasteiger partial charge < -0.3 is 15.7 Å². The minimum atomic E-state index is -0.838. The number of rotatable bonds is 3. The van der Waals surface area contributed by atoms with Crippen molar-refractivity contribution in [3.05, 3.63) is 28.2 Å². The first-order chi connectivity index (χ1) is 9.97. The largest absolute Gasteiger partial charge is 0.480 e. The minimum Gasteiger partial charge on any atom is -0.480 e. The maximum atomic E-state index is 12.5. The zero-order valence-corrected chi connectivity index (χ0v) is 13.2. The molecule has 0 spiro atoms. The van der Waals surface area contributed by atoms with E-state index in [1.165, 1.54) is 0 Å². The molecule has 1 aliphatic heterocycles. The van der Waals surface area contributed by atoms with E-state index < -0.39 is 5.97 Å². The van der Waals surface area contributed by atoms with Crippen LogP contribution in [0, 0.1) is 0 Å². The molecule has 1 heterocycles. The topological polar surface area (TPSA) is 86.9 Å². The van der Waals surface area contributed by atoms with Gasteiger partial charge in [0, 0.05) is 41.9 Å². The van der Waals surface area contributed by atoms with Crippen LogP contribution in [-0.4, -0.2) is 59.5 Å². The van der Waals surface area contributed by atoms with Gasteiger partial charge in [0.1, 0.15) is 0 Å². The highest BCUT2D eigenvalue weighted by molar-refractivity contribution is 9.10. The highest BCUT2D eigenvalue weighted by Crippen LogP contribution is 2.21. The van der Waals surface area contributed by atoms with E-state index in [-0.39, 0.29) is 12.5 Å². The fraction of sp³-hybridized carbons (Fsp3) is 0.429. The lowest BCUT2D eigenvalue weighted by Crippen LogP contribution is -2.36. The summed E-state index contributed by atoms with van der Waals surface area (Å²) in [7, 11) is 0. The molecule has 1 fully saturated rings. The van der Waals surface area contributed by atoms with Gasteiger partial charge in [-0.2, -0.15) is 0 Å². The zero-order chi connectivity index (χ0) is 15.4. The Kier molecular flexibility index (Phi) is 5.19. The Morgan fingerprint density at radius 2 is 2.00 bits per heavy atom. The third-order valence-electron chi connectivity index (χ3n) is 3.48. The number of carboxylic acids is 1. The third kappa shape index (κ3) is 4.18. The van der Waals surface area contributed by atoms with Gasteiger partial charge in [0.05, 0.1) is 6.54 Å². The summed E-state index contributed by atoms with van der Waals surface area (Å²) < 4.78 is 0.766. The van der Waals surface area contributed by atoms with Crippen molar-refractivity contribution in [1.82, 2.24) is 9.80 Å². The summed E-state index contributed by atoms with van der Waals surface area (Å²) in [5, 5.41) is 8.83. The van der Waals surface area contributed by atoms with Crippen molar-refractivity contribution < 1.29 is 14.7 Å². The molecule has 6 nitrogen and oxygen atoms in total. The summed E-state index contributed by atoms with van der Waals surface area (Å²) in [6.45, 7) is 2.45. The van der Waals surface area contributed by atoms with E-state index in [0.717, 1.165) is 10.9 Å². The van der Waals surface area contributed by atoms with E-state index in [1.807, 2.05) is 4.90 Å². The lowest BCUT2D eigenvalue weighted by atomic mass is 10.1. The molecule has 0 bridgehead atoms. The van der Waals surface area contributed by atoms with Crippen LogP contribution < -0.4 is 5.73 Å². The van der Waals surface area contributed by atoms with Gasteiger partial charge in [-0.3, -0.25) is 14.5 Å². The van der Waals surface area contributed by atoms with Crippen LogP contribution in [0.15, 0.2) is 22.7 Å². The molecule has 1 amide bonds. The summed E-state index contributed by atoms with van der Waals surface area (Å²) in [5.74, 6) is -0.901. The van der Waals surface area contributed by atoms with Crippen molar-refractivity contribution in [3.63, 3.8) is 0 Å². The first-order valence-electron chi connectivity index (χ1n) is 6.76. The van der Waals surface area contributed by atoms with Crippen molar-refractivity contribution in [2.24, 2.45) is 0 Å². The van der Waals surface area contributed by atoms with E-state index in [9.17, 15) is 9.59 Å². The van der Waals surface area contributed by atoms with Crippen LogP contribution in [0.1, 0.15) is 16.8 Å². The quantitative estimate of drug-likeness (QED) is 0.797. The molecule has 0 aromatic heterocycles. The maximum Gasteiger partial charge on any atom is 0.317 e. The van der Waals surface area contributed by atoms with E-state index in [1.54, 1.807) is 23.1 Å². The standard InChI is InChI=1S/C14H18BrN3O3/c15-11-3-2-10(8-12(11)16)14(21)18-5-1-4-17(6-7-18)9-13(19)20/h2-3,8H,1,4-7,9,16H2,(H,19,20). The summed E-state index contributed by atoms with van der Waals surface area (Å²) in [5.41, 5.74) is 6.89. The molecule has 0 atom stereocenters. The van der Waals surface area contributed by atoms with Gasteiger partial charge in [0.25, 0.3) is 5.91 Å². The predicted molar refractivity (Wildman–Crippen MR) is 83.2 cm³/mol. The Morgan fingerprint density at radius 1 is 1.24 bits per heavy atom. The molecule has 21 heavy (non-hydrogen) atoms. The van der Waals surface area contributed by atoms with Crippen LogP contribution in [-0.2, 0) is 4.79 Å². The van der Waals surface area contributed by atoms with Crippen LogP contribution in [0.5, 0.6) is 0 Å². The number of anilines is 1. The molecule has 1 aromatic rings. The molecule has 114 valence electrons. The molecular formula is C14H18BrN3O3. The second-order valence-corrected chi connectivity index (χ2v) is 5.91. The monoisotopic (exact) mass is 355 g/mol. The van der Waals surface area contributed by atoms with Crippen molar-refractivity contribution in [2.45, 2.75) is 6.42 Å². The Balaban J connectivity index is 2.02. The number of halogens is 1. The SMILES string of the molecule is Nc1cc(C(=O)N2CCCN(CC(=O)O)CC2)ccc1Br.